The molecule has 2 rings (SSSR count). The predicted molar refractivity (Wildman–Crippen MR) is 112 cm³/mol. The number of unbranched alkanes of at least 4 members (excludes halogenated alkanes) is 1. The molecule has 1 heterocycles. The van der Waals surface area contributed by atoms with E-state index in [2.05, 4.69) is 29.4 Å². The van der Waals surface area contributed by atoms with Gasteiger partial charge in [-0.15, -0.1) is 24.0 Å². The first-order valence-corrected chi connectivity index (χ1v) is 9.67. The van der Waals surface area contributed by atoms with Gasteiger partial charge in [0.15, 0.2) is 5.96 Å². The Morgan fingerprint density at radius 2 is 1.92 bits per heavy atom. The minimum atomic E-state index is 0. The summed E-state index contributed by atoms with van der Waals surface area (Å²) < 4.78 is 5.59. The van der Waals surface area contributed by atoms with Crippen molar-refractivity contribution in [2.24, 2.45) is 10.9 Å². The van der Waals surface area contributed by atoms with Crippen molar-refractivity contribution < 1.29 is 4.74 Å². The Morgan fingerprint density at radius 3 is 2.62 bits per heavy atom. The summed E-state index contributed by atoms with van der Waals surface area (Å²) in [5.41, 5.74) is 0. The monoisotopic (exact) mass is 452 g/mol. The zero-order valence-corrected chi connectivity index (χ0v) is 17.9. The van der Waals surface area contributed by atoms with Crippen LogP contribution in [0.2, 0.25) is 0 Å². The van der Waals surface area contributed by atoms with E-state index in [1.54, 1.807) is 0 Å². The Balaban J connectivity index is 0.00000288. The third-order valence-corrected chi connectivity index (χ3v) is 4.63. The van der Waals surface area contributed by atoms with Crippen LogP contribution in [-0.2, 0) is 4.74 Å². The Hall–Kier alpha value is -0.0800. The molecule has 0 radical (unpaired) electrons. The van der Waals surface area contributed by atoms with Crippen molar-refractivity contribution >= 4 is 29.9 Å². The summed E-state index contributed by atoms with van der Waals surface area (Å²) in [6, 6.07) is 0.906. The highest BCUT2D eigenvalue weighted by molar-refractivity contribution is 14.0. The molecule has 1 saturated heterocycles. The highest BCUT2D eigenvalue weighted by Gasteiger charge is 2.34. The average molecular weight is 452 g/mol. The number of hydrogen-bond acceptors (Lipinski definition) is 3. The first kappa shape index (κ1) is 22.0. The molecule has 0 aromatic rings. The van der Waals surface area contributed by atoms with Crippen LogP contribution in [0.25, 0.3) is 0 Å². The fraction of sp³-hybridized carbons (Fsp3) is 0.944. The maximum atomic E-state index is 5.59. The molecule has 1 atom stereocenters. The Kier molecular flexibility index (Phi) is 12.0. The SMILES string of the molecule is CCCCOCCCNC(=NCC1CCN(C2CC2)C1)NCC.I. The van der Waals surface area contributed by atoms with Gasteiger partial charge in [-0.05, 0) is 51.5 Å². The van der Waals surface area contributed by atoms with Gasteiger partial charge in [0, 0.05) is 45.4 Å². The number of nitrogens with zero attached hydrogens (tertiary/aromatic N) is 2. The number of hydrogen-bond donors (Lipinski definition) is 2. The zero-order valence-electron chi connectivity index (χ0n) is 15.6. The van der Waals surface area contributed by atoms with Crippen LogP contribution in [-0.4, -0.2) is 62.8 Å². The maximum Gasteiger partial charge on any atom is 0.191 e. The summed E-state index contributed by atoms with van der Waals surface area (Å²) in [6.45, 7) is 11.4. The van der Waals surface area contributed by atoms with E-state index < -0.39 is 0 Å². The van der Waals surface area contributed by atoms with Gasteiger partial charge >= 0.3 is 0 Å². The molecule has 5 nitrogen and oxygen atoms in total. The normalized spacial score (nSPS) is 21.6. The number of halogens is 1. The number of likely N-dealkylation sites (tertiary alicyclic amines) is 1. The van der Waals surface area contributed by atoms with Crippen molar-refractivity contribution in [3.8, 4) is 0 Å². The topological polar surface area (TPSA) is 48.9 Å². The minimum Gasteiger partial charge on any atom is -0.381 e. The van der Waals surface area contributed by atoms with Gasteiger partial charge in [0.1, 0.15) is 0 Å². The highest BCUT2D eigenvalue weighted by atomic mass is 127. The van der Waals surface area contributed by atoms with Crippen molar-refractivity contribution in [3.05, 3.63) is 0 Å². The molecule has 0 amide bonds. The van der Waals surface area contributed by atoms with E-state index in [4.69, 9.17) is 9.73 Å². The van der Waals surface area contributed by atoms with Gasteiger partial charge in [-0.1, -0.05) is 13.3 Å². The molecule has 1 unspecified atom stereocenters. The van der Waals surface area contributed by atoms with Gasteiger partial charge in [-0.3, -0.25) is 4.99 Å². The van der Waals surface area contributed by atoms with E-state index in [1.165, 1.54) is 38.8 Å². The summed E-state index contributed by atoms with van der Waals surface area (Å²) >= 11 is 0. The van der Waals surface area contributed by atoms with E-state index in [9.17, 15) is 0 Å². The molecule has 2 N–H and O–H groups in total. The second-order valence-corrected chi connectivity index (χ2v) is 6.85. The summed E-state index contributed by atoms with van der Waals surface area (Å²) in [4.78, 5) is 7.44. The molecular formula is C18H37IN4O. The quantitative estimate of drug-likeness (QED) is 0.219. The summed E-state index contributed by atoms with van der Waals surface area (Å²) in [6.07, 6.45) is 7.55. The molecule has 0 aromatic heterocycles. The molecule has 24 heavy (non-hydrogen) atoms. The van der Waals surface area contributed by atoms with Crippen molar-refractivity contribution in [1.82, 2.24) is 15.5 Å². The smallest absolute Gasteiger partial charge is 0.191 e. The van der Waals surface area contributed by atoms with Crippen LogP contribution in [0.3, 0.4) is 0 Å². The lowest BCUT2D eigenvalue weighted by Crippen LogP contribution is -2.38. The Bertz CT molecular complexity index is 350. The van der Waals surface area contributed by atoms with Gasteiger partial charge in [0.2, 0.25) is 0 Å². The van der Waals surface area contributed by atoms with Crippen molar-refractivity contribution in [3.63, 3.8) is 0 Å². The number of rotatable bonds is 11. The molecule has 142 valence electrons. The lowest BCUT2D eigenvalue weighted by Gasteiger charge is -2.15. The van der Waals surface area contributed by atoms with E-state index in [1.807, 2.05) is 0 Å². The standard InChI is InChI=1S/C18H36N4O.HI/c1-3-5-12-23-13-6-10-20-18(19-4-2)21-14-16-9-11-22(15-16)17-7-8-17;/h16-17H,3-15H2,1-2H3,(H2,19,20,21);1H. The van der Waals surface area contributed by atoms with Crippen molar-refractivity contribution in [2.45, 2.75) is 58.4 Å². The summed E-state index contributed by atoms with van der Waals surface area (Å²) in [5, 5.41) is 6.78. The third kappa shape index (κ3) is 8.85. The minimum absolute atomic E-state index is 0. The third-order valence-electron chi connectivity index (χ3n) is 4.63. The van der Waals surface area contributed by atoms with Crippen LogP contribution in [0, 0.1) is 5.92 Å². The molecule has 1 aliphatic carbocycles. The van der Waals surface area contributed by atoms with Gasteiger partial charge in [-0.25, -0.2) is 0 Å². The molecular weight excluding hydrogens is 415 g/mol. The van der Waals surface area contributed by atoms with Crippen molar-refractivity contribution in [1.29, 1.82) is 0 Å². The first-order valence-electron chi connectivity index (χ1n) is 9.67. The lowest BCUT2D eigenvalue weighted by molar-refractivity contribution is 0.129. The van der Waals surface area contributed by atoms with E-state index in [-0.39, 0.29) is 24.0 Å². The first-order chi connectivity index (χ1) is 11.3. The molecule has 6 heteroatoms. The fourth-order valence-electron chi connectivity index (χ4n) is 3.07. The van der Waals surface area contributed by atoms with Gasteiger partial charge in [-0.2, -0.15) is 0 Å². The summed E-state index contributed by atoms with van der Waals surface area (Å²) in [7, 11) is 0. The van der Waals surface area contributed by atoms with Gasteiger partial charge in [0.05, 0.1) is 0 Å². The molecule has 2 aliphatic rings. The number of nitrogens with one attached hydrogen (secondary N) is 2. The van der Waals surface area contributed by atoms with Crippen LogP contribution < -0.4 is 10.6 Å². The predicted octanol–water partition coefficient (Wildman–Crippen LogP) is 2.85. The van der Waals surface area contributed by atoms with Crippen LogP contribution in [0.5, 0.6) is 0 Å². The molecule has 1 saturated carbocycles. The van der Waals surface area contributed by atoms with Crippen LogP contribution >= 0.6 is 24.0 Å². The molecule has 0 aromatic carbocycles. The second-order valence-electron chi connectivity index (χ2n) is 6.85. The molecule has 0 spiro atoms. The second kappa shape index (κ2) is 13.2. The van der Waals surface area contributed by atoms with Gasteiger partial charge in [0.25, 0.3) is 0 Å². The number of aliphatic imine (C=N–C) groups is 1. The van der Waals surface area contributed by atoms with E-state index in [0.29, 0.717) is 0 Å². The largest absolute Gasteiger partial charge is 0.381 e. The number of guanidine groups is 1. The van der Waals surface area contributed by atoms with Crippen LogP contribution in [0.15, 0.2) is 4.99 Å². The summed E-state index contributed by atoms with van der Waals surface area (Å²) in [5.74, 6) is 1.70. The molecule has 0 bridgehead atoms. The molecule has 1 aliphatic heterocycles. The van der Waals surface area contributed by atoms with Gasteiger partial charge < -0.3 is 20.3 Å². The Morgan fingerprint density at radius 1 is 1.12 bits per heavy atom. The van der Waals surface area contributed by atoms with Crippen molar-refractivity contribution in [2.75, 3.05) is 45.9 Å². The lowest BCUT2D eigenvalue weighted by atomic mass is 10.1. The average Bonchev–Trinajstić information content (AvgIpc) is 3.30. The van der Waals surface area contributed by atoms with E-state index >= 15 is 0 Å². The fourth-order valence-corrected chi connectivity index (χ4v) is 3.07. The number of ether oxygens (including phenoxy) is 1. The molecule has 2 fully saturated rings. The van der Waals surface area contributed by atoms with E-state index in [0.717, 1.165) is 63.6 Å². The highest BCUT2D eigenvalue weighted by Crippen LogP contribution is 2.31. The van der Waals surface area contributed by atoms with Crippen LogP contribution in [0.4, 0.5) is 0 Å². The Labute approximate surface area is 165 Å². The maximum absolute atomic E-state index is 5.59. The zero-order chi connectivity index (χ0) is 16.3. The van der Waals surface area contributed by atoms with Crippen LogP contribution in [0.1, 0.15) is 52.4 Å².